The van der Waals surface area contributed by atoms with Gasteiger partial charge in [-0.05, 0) is 19.2 Å². The molecule has 0 aliphatic rings. The molecule has 19 heavy (non-hydrogen) atoms. The van der Waals surface area contributed by atoms with Crippen LogP contribution in [0.3, 0.4) is 0 Å². The van der Waals surface area contributed by atoms with Gasteiger partial charge in [-0.25, -0.2) is 0 Å². The van der Waals surface area contributed by atoms with Crippen molar-refractivity contribution < 1.29 is 5.11 Å². The van der Waals surface area contributed by atoms with E-state index in [-0.39, 0.29) is 5.75 Å². The summed E-state index contributed by atoms with van der Waals surface area (Å²) in [7, 11) is 1.90. The SMILES string of the molecule is CNCC/N=C(\c1ccccc1)c1ccccc1O. The van der Waals surface area contributed by atoms with Crippen LogP contribution < -0.4 is 5.32 Å². The predicted octanol–water partition coefficient (Wildman–Crippen LogP) is 2.45. The van der Waals surface area contributed by atoms with Crippen molar-refractivity contribution in [2.75, 3.05) is 20.1 Å². The standard InChI is InChI=1S/C16H18N2O/c1-17-11-12-18-16(13-7-3-2-4-8-13)14-9-5-6-10-15(14)19/h2-10,17,19H,11-12H2,1H3/b18-16+. The highest BCUT2D eigenvalue weighted by atomic mass is 16.3. The highest BCUT2D eigenvalue weighted by Crippen LogP contribution is 2.20. The van der Waals surface area contributed by atoms with E-state index in [1.165, 1.54) is 0 Å². The van der Waals surface area contributed by atoms with E-state index < -0.39 is 0 Å². The van der Waals surface area contributed by atoms with E-state index in [1.807, 2.05) is 55.6 Å². The molecule has 0 saturated heterocycles. The van der Waals surface area contributed by atoms with Crippen molar-refractivity contribution in [2.45, 2.75) is 0 Å². The average molecular weight is 254 g/mol. The molecule has 2 N–H and O–H groups in total. The number of aromatic hydroxyl groups is 1. The number of phenols is 1. The first-order chi connectivity index (χ1) is 9.33. The normalized spacial score (nSPS) is 11.5. The molecule has 0 aliphatic heterocycles. The van der Waals surface area contributed by atoms with Crippen molar-refractivity contribution in [2.24, 2.45) is 4.99 Å². The fourth-order valence-corrected chi connectivity index (χ4v) is 1.88. The molecule has 0 saturated carbocycles. The third-order valence-corrected chi connectivity index (χ3v) is 2.84. The summed E-state index contributed by atoms with van der Waals surface area (Å²) in [5.74, 6) is 0.259. The first kappa shape index (κ1) is 13.3. The van der Waals surface area contributed by atoms with Gasteiger partial charge in [-0.2, -0.15) is 0 Å². The third kappa shape index (κ3) is 3.42. The van der Waals surface area contributed by atoms with Crippen LogP contribution in [0.5, 0.6) is 5.75 Å². The third-order valence-electron chi connectivity index (χ3n) is 2.84. The quantitative estimate of drug-likeness (QED) is 0.636. The summed E-state index contributed by atoms with van der Waals surface area (Å²) in [6, 6.07) is 17.2. The van der Waals surface area contributed by atoms with E-state index in [2.05, 4.69) is 10.3 Å². The minimum atomic E-state index is 0.259. The second kappa shape index (κ2) is 6.71. The number of benzene rings is 2. The van der Waals surface area contributed by atoms with Crippen LogP contribution in [0, 0.1) is 0 Å². The molecule has 0 bridgehead atoms. The Kier molecular flexibility index (Phi) is 4.70. The Labute approximate surface area is 113 Å². The van der Waals surface area contributed by atoms with Crippen LogP contribution in [0.1, 0.15) is 11.1 Å². The molecule has 0 aromatic heterocycles. The fraction of sp³-hybridized carbons (Fsp3) is 0.188. The lowest BCUT2D eigenvalue weighted by Gasteiger charge is -2.09. The number of nitrogens with one attached hydrogen (secondary N) is 1. The second-order valence-corrected chi connectivity index (χ2v) is 4.22. The lowest BCUT2D eigenvalue weighted by Crippen LogP contribution is -2.13. The number of rotatable bonds is 5. The monoisotopic (exact) mass is 254 g/mol. The molecule has 2 aromatic carbocycles. The summed E-state index contributed by atoms with van der Waals surface area (Å²) in [6.45, 7) is 1.49. The van der Waals surface area contributed by atoms with Crippen LogP contribution in [-0.4, -0.2) is 31.0 Å². The number of hydrogen-bond acceptors (Lipinski definition) is 3. The Balaban J connectivity index is 2.41. The molecular formula is C16H18N2O. The highest BCUT2D eigenvalue weighted by molar-refractivity contribution is 6.14. The summed E-state index contributed by atoms with van der Waals surface area (Å²) >= 11 is 0. The highest BCUT2D eigenvalue weighted by Gasteiger charge is 2.10. The van der Waals surface area contributed by atoms with Gasteiger partial charge in [0.2, 0.25) is 0 Å². The van der Waals surface area contributed by atoms with Crippen molar-refractivity contribution >= 4 is 5.71 Å². The van der Waals surface area contributed by atoms with Crippen LogP contribution in [-0.2, 0) is 0 Å². The maximum absolute atomic E-state index is 10.0. The van der Waals surface area contributed by atoms with Gasteiger partial charge < -0.3 is 10.4 Å². The molecule has 0 aliphatic carbocycles. The van der Waals surface area contributed by atoms with E-state index in [9.17, 15) is 5.11 Å². The molecule has 3 nitrogen and oxygen atoms in total. The van der Waals surface area contributed by atoms with Crippen molar-refractivity contribution in [1.29, 1.82) is 0 Å². The number of nitrogens with zero attached hydrogens (tertiary/aromatic N) is 1. The summed E-state index contributed by atoms with van der Waals surface area (Å²) < 4.78 is 0. The number of phenolic OH excluding ortho intramolecular Hbond substituents is 1. The molecule has 0 heterocycles. The second-order valence-electron chi connectivity index (χ2n) is 4.22. The minimum Gasteiger partial charge on any atom is -0.507 e. The molecule has 2 aromatic rings. The number of hydrogen-bond donors (Lipinski definition) is 2. The molecule has 0 amide bonds. The van der Waals surface area contributed by atoms with Gasteiger partial charge in [-0.15, -0.1) is 0 Å². The van der Waals surface area contributed by atoms with E-state index in [1.54, 1.807) is 6.07 Å². The largest absolute Gasteiger partial charge is 0.507 e. The number of likely N-dealkylation sites (N-methyl/N-ethyl adjacent to an activating group) is 1. The van der Waals surface area contributed by atoms with Crippen molar-refractivity contribution in [1.82, 2.24) is 5.32 Å². The first-order valence-corrected chi connectivity index (χ1v) is 6.36. The Morgan fingerprint density at radius 3 is 2.42 bits per heavy atom. The molecule has 98 valence electrons. The predicted molar refractivity (Wildman–Crippen MR) is 79.0 cm³/mol. The smallest absolute Gasteiger partial charge is 0.124 e. The Hall–Kier alpha value is -2.13. The molecule has 2 rings (SSSR count). The van der Waals surface area contributed by atoms with Gasteiger partial charge in [0.1, 0.15) is 5.75 Å². The van der Waals surface area contributed by atoms with E-state index >= 15 is 0 Å². The van der Waals surface area contributed by atoms with Gasteiger partial charge in [0.05, 0.1) is 12.3 Å². The lowest BCUT2D eigenvalue weighted by molar-refractivity contribution is 0.474. The maximum atomic E-state index is 10.0. The van der Waals surface area contributed by atoms with Gasteiger partial charge in [0.15, 0.2) is 0 Å². The molecular weight excluding hydrogens is 236 g/mol. The van der Waals surface area contributed by atoms with Crippen LogP contribution in [0.15, 0.2) is 59.6 Å². The minimum absolute atomic E-state index is 0.259. The lowest BCUT2D eigenvalue weighted by atomic mass is 10.0. The van der Waals surface area contributed by atoms with Gasteiger partial charge in [0.25, 0.3) is 0 Å². The average Bonchev–Trinajstić information content (AvgIpc) is 2.46. The maximum Gasteiger partial charge on any atom is 0.124 e. The van der Waals surface area contributed by atoms with Crippen molar-refractivity contribution in [3.63, 3.8) is 0 Å². The Morgan fingerprint density at radius 1 is 1.05 bits per heavy atom. The molecule has 0 unspecified atom stereocenters. The zero-order chi connectivity index (χ0) is 13.5. The topological polar surface area (TPSA) is 44.6 Å². The van der Waals surface area contributed by atoms with Crippen molar-refractivity contribution in [3.8, 4) is 5.75 Å². The van der Waals surface area contributed by atoms with E-state index in [0.29, 0.717) is 6.54 Å². The van der Waals surface area contributed by atoms with Gasteiger partial charge in [0, 0.05) is 17.7 Å². The molecule has 3 heteroatoms. The summed E-state index contributed by atoms with van der Waals surface area (Å²) in [4.78, 5) is 4.61. The zero-order valence-electron chi connectivity index (χ0n) is 11.0. The Morgan fingerprint density at radius 2 is 1.74 bits per heavy atom. The van der Waals surface area contributed by atoms with Gasteiger partial charge >= 0.3 is 0 Å². The van der Waals surface area contributed by atoms with Crippen LogP contribution in [0.4, 0.5) is 0 Å². The number of para-hydroxylation sites is 1. The van der Waals surface area contributed by atoms with Crippen molar-refractivity contribution in [3.05, 3.63) is 65.7 Å². The fourth-order valence-electron chi connectivity index (χ4n) is 1.88. The summed E-state index contributed by atoms with van der Waals surface area (Å²) in [5, 5.41) is 13.1. The first-order valence-electron chi connectivity index (χ1n) is 6.36. The Bertz CT molecular complexity index is 550. The van der Waals surface area contributed by atoms with Gasteiger partial charge in [-0.1, -0.05) is 42.5 Å². The molecule has 0 atom stereocenters. The summed E-state index contributed by atoms with van der Waals surface area (Å²) in [5.41, 5.74) is 2.61. The van der Waals surface area contributed by atoms with E-state index in [4.69, 9.17) is 0 Å². The van der Waals surface area contributed by atoms with E-state index in [0.717, 1.165) is 23.4 Å². The summed E-state index contributed by atoms with van der Waals surface area (Å²) in [6.07, 6.45) is 0. The molecule has 0 spiro atoms. The van der Waals surface area contributed by atoms with Crippen LogP contribution >= 0.6 is 0 Å². The number of aliphatic imine (C=N–C) groups is 1. The van der Waals surface area contributed by atoms with Gasteiger partial charge in [-0.3, -0.25) is 4.99 Å². The van der Waals surface area contributed by atoms with Crippen LogP contribution in [0.25, 0.3) is 0 Å². The molecule has 0 radical (unpaired) electrons. The molecule has 0 fully saturated rings. The van der Waals surface area contributed by atoms with Crippen LogP contribution in [0.2, 0.25) is 0 Å². The zero-order valence-corrected chi connectivity index (χ0v) is 11.0.